The Hall–Kier alpha value is -3.43. The Kier molecular flexibility index (Phi) is 5.97. The summed E-state index contributed by atoms with van der Waals surface area (Å²) in [6.07, 6.45) is 0.491. The SMILES string of the molecule is COC(C)c1nc2cc(C(=O)O)ccc2n1-c1cccc(N2CCN(C3CCOC3=O)CC2)c1. The summed E-state index contributed by atoms with van der Waals surface area (Å²) >= 11 is 0. The normalized spacial score (nSPS) is 20.0. The van der Waals surface area contributed by atoms with Crippen molar-refractivity contribution in [2.45, 2.75) is 25.5 Å². The molecule has 1 aromatic heterocycles. The van der Waals surface area contributed by atoms with Crippen molar-refractivity contribution in [3.63, 3.8) is 0 Å². The number of esters is 1. The van der Waals surface area contributed by atoms with Crippen molar-refractivity contribution >= 4 is 28.7 Å². The van der Waals surface area contributed by atoms with Crippen molar-refractivity contribution in [1.82, 2.24) is 14.5 Å². The van der Waals surface area contributed by atoms with Gasteiger partial charge in [-0.15, -0.1) is 0 Å². The average molecular weight is 465 g/mol. The van der Waals surface area contributed by atoms with Gasteiger partial charge in [0.2, 0.25) is 0 Å². The van der Waals surface area contributed by atoms with Crippen LogP contribution in [0.2, 0.25) is 0 Å². The number of fused-ring (bicyclic) bond motifs is 1. The Bertz CT molecular complexity index is 1230. The Balaban J connectivity index is 1.45. The molecule has 2 fully saturated rings. The molecule has 2 atom stereocenters. The molecule has 3 aromatic rings. The number of carboxylic acid groups (broad SMARTS) is 1. The smallest absolute Gasteiger partial charge is 0.335 e. The van der Waals surface area contributed by atoms with Gasteiger partial charge in [-0.25, -0.2) is 9.78 Å². The highest BCUT2D eigenvalue weighted by Crippen LogP contribution is 2.30. The van der Waals surface area contributed by atoms with E-state index in [0.29, 0.717) is 17.9 Å². The van der Waals surface area contributed by atoms with Crippen LogP contribution in [0.5, 0.6) is 0 Å². The number of hydrogen-bond donors (Lipinski definition) is 1. The third-order valence-electron chi connectivity index (χ3n) is 6.76. The standard InChI is InChI=1S/C25H28N4O5/c1-16(33-2)23-26-20-14-17(24(30)31)6-7-21(20)29(23)19-5-3-4-18(15-19)27-9-11-28(12-10-27)22-8-13-34-25(22)32/h3-7,14-16,22H,8-13H2,1-2H3,(H,30,31). The minimum absolute atomic E-state index is 0.103. The third kappa shape index (κ3) is 4.01. The molecular weight excluding hydrogens is 436 g/mol. The zero-order valence-corrected chi connectivity index (χ0v) is 19.3. The van der Waals surface area contributed by atoms with E-state index in [4.69, 9.17) is 14.5 Å². The van der Waals surface area contributed by atoms with E-state index < -0.39 is 5.97 Å². The number of aromatic nitrogens is 2. The monoisotopic (exact) mass is 464 g/mol. The van der Waals surface area contributed by atoms with Crippen molar-refractivity contribution in [3.8, 4) is 5.69 Å². The van der Waals surface area contributed by atoms with E-state index in [2.05, 4.69) is 21.9 Å². The predicted molar refractivity (Wildman–Crippen MR) is 127 cm³/mol. The minimum atomic E-state index is -0.982. The number of aromatic carboxylic acids is 1. The number of carboxylic acids is 1. The molecule has 2 aliphatic heterocycles. The van der Waals surface area contributed by atoms with E-state index in [9.17, 15) is 14.7 Å². The number of carbonyl (C=O) groups excluding carboxylic acids is 1. The molecular formula is C25H28N4O5. The zero-order valence-electron chi connectivity index (χ0n) is 19.3. The van der Waals surface area contributed by atoms with Gasteiger partial charge in [0, 0.05) is 51.1 Å². The molecule has 5 rings (SSSR count). The number of nitrogens with zero attached hydrogens (tertiary/aromatic N) is 4. The molecule has 2 aliphatic rings. The third-order valence-corrected chi connectivity index (χ3v) is 6.76. The second kappa shape index (κ2) is 9.08. The van der Waals surface area contributed by atoms with Gasteiger partial charge in [0.05, 0.1) is 23.2 Å². The van der Waals surface area contributed by atoms with Gasteiger partial charge in [-0.2, -0.15) is 0 Å². The molecule has 2 saturated heterocycles. The lowest BCUT2D eigenvalue weighted by atomic mass is 10.1. The second-order valence-electron chi connectivity index (χ2n) is 8.71. The van der Waals surface area contributed by atoms with Crippen LogP contribution in [0, 0.1) is 0 Å². The summed E-state index contributed by atoms with van der Waals surface area (Å²) in [5.74, 6) is -0.375. The Labute approximate surface area is 197 Å². The second-order valence-corrected chi connectivity index (χ2v) is 8.71. The molecule has 3 heterocycles. The fourth-order valence-electron chi connectivity index (χ4n) is 4.82. The lowest BCUT2D eigenvalue weighted by Gasteiger charge is -2.38. The van der Waals surface area contributed by atoms with Crippen molar-refractivity contribution in [2.75, 3.05) is 44.8 Å². The predicted octanol–water partition coefficient (Wildman–Crippen LogP) is 2.87. The number of hydrogen-bond acceptors (Lipinski definition) is 7. The molecule has 9 nitrogen and oxygen atoms in total. The van der Waals surface area contributed by atoms with E-state index in [-0.39, 0.29) is 23.7 Å². The number of methoxy groups -OCH3 is 1. The maximum Gasteiger partial charge on any atom is 0.335 e. The van der Waals surface area contributed by atoms with Gasteiger partial charge < -0.3 is 19.5 Å². The zero-order chi connectivity index (χ0) is 23.8. The number of benzene rings is 2. The summed E-state index contributed by atoms with van der Waals surface area (Å²) in [4.78, 5) is 32.7. The summed E-state index contributed by atoms with van der Waals surface area (Å²) in [6.45, 7) is 5.69. The van der Waals surface area contributed by atoms with Crippen LogP contribution in [0.25, 0.3) is 16.7 Å². The summed E-state index contributed by atoms with van der Waals surface area (Å²) < 4.78 is 12.7. The van der Waals surface area contributed by atoms with E-state index in [0.717, 1.165) is 49.5 Å². The first-order valence-corrected chi connectivity index (χ1v) is 11.5. The van der Waals surface area contributed by atoms with Crippen molar-refractivity contribution in [2.24, 2.45) is 0 Å². The van der Waals surface area contributed by atoms with Crippen LogP contribution in [0.3, 0.4) is 0 Å². The quantitative estimate of drug-likeness (QED) is 0.557. The molecule has 1 N–H and O–H groups in total. The molecule has 178 valence electrons. The summed E-state index contributed by atoms with van der Waals surface area (Å²) in [6, 6.07) is 13.1. The van der Waals surface area contributed by atoms with Crippen LogP contribution in [0.4, 0.5) is 5.69 Å². The molecule has 0 aliphatic carbocycles. The first-order chi connectivity index (χ1) is 16.5. The number of anilines is 1. The van der Waals surface area contributed by atoms with Crippen LogP contribution < -0.4 is 4.90 Å². The van der Waals surface area contributed by atoms with Crippen LogP contribution in [-0.4, -0.2) is 77.4 Å². The van der Waals surface area contributed by atoms with E-state index in [1.54, 1.807) is 25.3 Å². The highest BCUT2D eigenvalue weighted by molar-refractivity contribution is 5.93. The van der Waals surface area contributed by atoms with Crippen molar-refractivity contribution < 1.29 is 24.2 Å². The molecule has 2 aromatic carbocycles. The van der Waals surface area contributed by atoms with Crippen LogP contribution in [0.1, 0.15) is 35.6 Å². The average Bonchev–Trinajstić information content (AvgIpc) is 3.46. The molecule has 34 heavy (non-hydrogen) atoms. The fourth-order valence-corrected chi connectivity index (χ4v) is 4.82. The van der Waals surface area contributed by atoms with Crippen LogP contribution in [-0.2, 0) is 14.3 Å². The minimum Gasteiger partial charge on any atom is -0.478 e. The first-order valence-electron chi connectivity index (χ1n) is 11.5. The first kappa shape index (κ1) is 22.4. The van der Waals surface area contributed by atoms with Gasteiger partial charge in [0.25, 0.3) is 0 Å². The van der Waals surface area contributed by atoms with Gasteiger partial charge in [-0.1, -0.05) is 6.07 Å². The summed E-state index contributed by atoms with van der Waals surface area (Å²) in [5.41, 5.74) is 3.66. The Morgan fingerprint density at radius 1 is 1.15 bits per heavy atom. The highest BCUT2D eigenvalue weighted by atomic mass is 16.5. The number of ether oxygens (including phenoxy) is 2. The largest absolute Gasteiger partial charge is 0.478 e. The number of cyclic esters (lactones) is 1. The van der Waals surface area contributed by atoms with Crippen molar-refractivity contribution in [1.29, 1.82) is 0 Å². The molecule has 0 amide bonds. The highest BCUT2D eigenvalue weighted by Gasteiger charge is 2.34. The maximum absolute atomic E-state index is 11.9. The molecule has 0 spiro atoms. The van der Waals surface area contributed by atoms with Crippen LogP contribution in [0.15, 0.2) is 42.5 Å². The topological polar surface area (TPSA) is 97.1 Å². The van der Waals surface area contributed by atoms with Crippen molar-refractivity contribution in [3.05, 3.63) is 53.9 Å². The summed E-state index contributed by atoms with van der Waals surface area (Å²) in [5, 5.41) is 9.38. The van der Waals surface area contributed by atoms with E-state index >= 15 is 0 Å². The Morgan fingerprint density at radius 2 is 1.91 bits per heavy atom. The number of rotatable bonds is 6. The van der Waals surface area contributed by atoms with Crippen LogP contribution >= 0.6 is 0 Å². The maximum atomic E-state index is 11.9. The molecule has 0 bridgehead atoms. The molecule has 9 heteroatoms. The number of carbonyl (C=O) groups is 2. The molecule has 0 radical (unpaired) electrons. The fraction of sp³-hybridized carbons (Fsp3) is 0.400. The molecule has 2 unspecified atom stereocenters. The van der Waals surface area contributed by atoms with Gasteiger partial charge in [0.15, 0.2) is 0 Å². The number of imidazole rings is 1. The lowest BCUT2D eigenvalue weighted by molar-refractivity contribution is -0.142. The number of piperazine rings is 1. The van der Waals surface area contributed by atoms with E-state index in [1.165, 1.54) is 0 Å². The Morgan fingerprint density at radius 3 is 2.59 bits per heavy atom. The van der Waals surface area contributed by atoms with Gasteiger partial charge >= 0.3 is 11.9 Å². The lowest BCUT2D eigenvalue weighted by Crippen LogP contribution is -2.51. The van der Waals surface area contributed by atoms with Gasteiger partial charge in [-0.3, -0.25) is 14.3 Å². The van der Waals surface area contributed by atoms with Gasteiger partial charge in [-0.05, 0) is 43.3 Å². The van der Waals surface area contributed by atoms with E-state index in [1.807, 2.05) is 23.6 Å². The summed E-state index contributed by atoms with van der Waals surface area (Å²) in [7, 11) is 1.63. The molecule has 0 saturated carbocycles. The van der Waals surface area contributed by atoms with Gasteiger partial charge in [0.1, 0.15) is 18.0 Å².